The van der Waals surface area contributed by atoms with Gasteiger partial charge in [0.25, 0.3) is 5.56 Å². The second-order valence-corrected chi connectivity index (χ2v) is 8.17. The summed E-state index contributed by atoms with van der Waals surface area (Å²) >= 11 is 0. The number of benzene rings is 1. The van der Waals surface area contributed by atoms with Gasteiger partial charge in [0, 0.05) is 5.69 Å². The molecule has 0 unspecified atom stereocenters. The third-order valence-electron chi connectivity index (χ3n) is 6.17. The second kappa shape index (κ2) is 9.53. The zero-order chi connectivity index (χ0) is 22.7. The van der Waals surface area contributed by atoms with Crippen LogP contribution in [0, 0.1) is 6.92 Å². The molecule has 4 rings (SSSR count). The van der Waals surface area contributed by atoms with Crippen molar-refractivity contribution in [3.63, 3.8) is 0 Å². The summed E-state index contributed by atoms with van der Waals surface area (Å²) in [7, 11) is 3.19. The van der Waals surface area contributed by atoms with Crippen LogP contribution in [0.25, 0.3) is 0 Å². The van der Waals surface area contributed by atoms with Crippen LogP contribution in [0.4, 0.5) is 0 Å². The number of furan rings is 1. The third kappa shape index (κ3) is 4.25. The van der Waals surface area contributed by atoms with Crippen molar-refractivity contribution in [2.75, 3.05) is 27.3 Å². The monoisotopic (exact) mass is 438 g/mol. The van der Waals surface area contributed by atoms with Gasteiger partial charge in [-0.1, -0.05) is 12.5 Å². The van der Waals surface area contributed by atoms with Crippen LogP contribution in [-0.4, -0.2) is 41.9 Å². The van der Waals surface area contributed by atoms with E-state index < -0.39 is 6.04 Å². The number of hydrogen-bond donors (Lipinski definition) is 1. The molecule has 3 aromatic rings. The largest absolute Gasteiger partial charge is 0.507 e. The van der Waals surface area contributed by atoms with Gasteiger partial charge in [-0.05, 0) is 68.8 Å². The van der Waals surface area contributed by atoms with Gasteiger partial charge in [0.05, 0.1) is 38.6 Å². The molecule has 3 heterocycles. The summed E-state index contributed by atoms with van der Waals surface area (Å²) in [6, 6.07) is 10.6. The number of methoxy groups -OCH3 is 2. The number of pyridine rings is 1. The van der Waals surface area contributed by atoms with Crippen molar-refractivity contribution in [1.29, 1.82) is 0 Å². The smallest absolute Gasteiger partial charge is 0.260 e. The summed E-state index contributed by atoms with van der Waals surface area (Å²) in [4.78, 5) is 16.0. The predicted molar refractivity (Wildman–Crippen MR) is 122 cm³/mol. The minimum Gasteiger partial charge on any atom is -0.507 e. The Morgan fingerprint density at radius 1 is 1.06 bits per heavy atom. The first-order chi connectivity index (χ1) is 15.5. The van der Waals surface area contributed by atoms with Gasteiger partial charge in [0.2, 0.25) is 0 Å². The average molecular weight is 439 g/mol. The molecule has 1 aromatic carbocycles. The van der Waals surface area contributed by atoms with Crippen LogP contribution in [0.5, 0.6) is 17.2 Å². The first kappa shape index (κ1) is 22.0. The molecule has 0 aliphatic carbocycles. The van der Waals surface area contributed by atoms with E-state index in [2.05, 4.69) is 4.90 Å². The summed E-state index contributed by atoms with van der Waals surface area (Å²) in [6.07, 6.45) is 4.86. The highest BCUT2D eigenvalue weighted by molar-refractivity contribution is 5.48. The number of nitrogens with zero attached hydrogens (tertiary/aromatic N) is 2. The predicted octanol–water partition coefficient (Wildman–Crippen LogP) is 4.10. The lowest BCUT2D eigenvalue weighted by molar-refractivity contribution is 0.183. The molecule has 1 aliphatic heterocycles. The number of likely N-dealkylation sites (tertiary alicyclic amines) is 1. The quantitative estimate of drug-likeness (QED) is 0.599. The SMILES string of the molecule is COc1ccc([C@H](c2c(O)cc(C)n(Cc3ccco3)c2=O)N2CCCCC2)cc1OC. The van der Waals surface area contributed by atoms with E-state index in [0.29, 0.717) is 35.1 Å². The Hall–Kier alpha value is -3.19. The lowest BCUT2D eigenvalue weighted by atomic mass is 9.94. The molecule has 2 aromatic heterocycles. The van der Waals surface area contributed by atoms with Crippen molar-refractivity contribution in [3.8, 4) is 17.2 Å². The number of aryl methyl sites for hydroxylation is 1. The molecule has 1 saturated heterocycles. The van der Waals surface area contributed by atoms with Crippen molar-refractivity contribution in [1.82, 2.24) is 9.47 Å². The van der Waals surface area contributed by atoms with Crippen LogP contribution in [0.2, 0.25) is 0 Å². The zero-order valence-electron chi connectivity index (χ0n) is 18.8. The summed E-state index contributed by atoms with van der Waals surface area (Å²) in [6.45, 7) is 3.83. The van der Waals surface area contributed by atoms with Crippen LogP contribution in [0.3, 0.4) is 0 Å². The van der Waals surface area contributed by atoms with E-state index in [0.717, 1.165) is 37.9 Å². The van der Waals surface area contributed by atoms with Crippen LogP contribution < -0.4 is 15.0 Å². The zero-order valence-corrected chi connectivity index (χ0v) is 18.8. The Bertz CT molecular complexity index is 1110. The normalized spacial score (nSPS) is 15.5. The Labute approximate surface area is 187 Å². The maximum atomic E-state index is 13.8. The Balaban J connectivity index is 1.87. The molecule has 1 aliphatic rings. The van der Waals surface area contributed by atoms with E-state index in [1.807, 2.05) is 31.2 Å². The van der Waals surface area contributed by atoms with Gasteiger partial charge in [-0.3, -0.25) is 9.69 Å². The van der Waals surface area contributed by atoms with Crippen molar-refractivity contribution in [2.24, 2.45) is 0 Å². The number of piperidine rings is 1. The lowest BCUT2D eigenvalue weighted by Gasteiger charge is -2.35. The molecule has 0 amide bonds. The van der Waals surface area contributed by atoms with Gasteiger partial charge in [0.15, 0.2) is 11.5 Å². The lowest BCUT2D eigenvalue weighted by Crippen LogP contribution is -2.38. The number of ether oxygens (including phenoxy) is 2. The minimum absolute atomic E-state index is 0.00792. The molecule has 32 heavy (non-hydrogen) atoms. The van der Waals surface area contributed by atoms with Crippen molar-refractivity contribution in [2.45, 2.75) is 38.8 Å². The van der Waals surface area contributed by atoms with Crippen LogP contribution in [-0.2, 0) is 6.54 Å². The molecule has 1 N–H and O–H groups in total. The van der Waals surface area contributed by atoms with E-state index in [1.54, 1.807) is 37.2 Å². The Kier molecular flexibility index (Phi) is 6.55. The van der Waals surface area contributed by atoms with Gasteiger partial charge >= 0.3 is 0 Å². The van der Waals surface area contributed by atoms with Crippen molar-refractivity contribution < 1.29 is 19.0 Å². The fraction of sp³-hybridized carbons (Fsp3) is 0.400. The number of hydrogen-bond acceptors (Lipinski definition) is 6. The molecule has 0 spiro atoms. The molecule has 0 bridgehead atoms. The molecule has 170 valence electrons. The summed E-state index contributed by atoms with van der Waals surface area (Å²) in [5.41, 5.74) is 1.71. The first-order valence-corrected chi connectivity index (χ1v) is 10.9. The van der Waals surface area contributed by atoms with Crippen LogP contribution in [0.1, 0.15) is 47.9 Å². The van der Waals surface area contributed by atoms with E-state index in [-0.39, 0.29) is 11.3 Å². The Morgan fingerprint density at radius 2 is 1.81 bits per heavy atom. The van der Waals surface area contributed by atoms with Crippen molar-refractivity contribution >= 4 is 0 Å². The fourth-order valence-corrected chi connectivity index (χ4v) is 4.54. The average Bonchev–Trinajstić information content (AvgIpc) is 3.33. The molecule has 1 fully saturated rings. The standard InChI is InChI=1S/C25H30N2O5/c1-17-14-20(28)23(25(29)27(17)16-19-8-7-13-32-19)24(26-11-5-4-6-12-26)18-9-10-21(30-2)22(15-18)31-3/h7-10,13-15,24,28H,4-6,11-12,16H2,1-3H3/t24-/m1/s1. The molecule has 7 nitrogen and oxygen atoms in total. The molecule has 1 atom stereocenters. The highest BCUT2D eigenvalue weighted by atomic mass is 16.5. The molecule has 0 saturated carbocycles. The fourth-order valence-electron chi connectivity index (χ4n) is 4.54. The van der Waals surface area contributed by atoms with Crippen LogP contribution in [0.15, 0.2) is 51.9 Å². The van der Waals surface area contributed by atoms with Gasteiger partial charge in [-0.2, -0.15) is 0 Å². The van der Waals surface area contributed by atoms with E-state index in [9.17, 15) is 9.90 Å². The molecular weight excluding hydrogens is 408 g/mol. The summed E-state index contributed by atoms with van der Waals surface area (Å²) in [5.74, 6) is 1.91. The topological polar surface area (TPSA) is 77.1 Å². The molecule has 7 heteroatoms. The maximum absolute atomic E-state index is 13.8. The molecular formula is C25H30N2O5. The molecule has 0 radical (unpaired) electrons. The number of aromatic hydroxyl groups is 1. The van der Waals surface area contributed by atoms with E-state index >= 15 is 0 Å². The van der Waals surface area contributed by atoms with Crippen molar-refractivity contribution in [3.05, 3.63) is 75.6 Å². The van der Waals surface area contributed by atoms with Gasteiger partial charge < -0.3 is 23.6 Å². The van der Waals surface area contributed by atoms with Gasteiger partial charge in [-0.25, -0.2) is 0 Å². The number of rotatable bonds is 7. The highest BCUT2D eigenvalue weighted by Crippen LogP contribution is 2.38. The third-order valence-corrected chi connectivity index (χ3v) is 6.17. The Morgan fingerprint density at radius 3 is 2.47 bits per heavy atom. The van der Waals surface area contributed by atoms with E-state index in [1.165, 1.54) is 0 Å². The highest BCUT2D eigenvalue weighted by Gasteiger charge is 2.31. The summed E-state index contributed by atoms with van der Waals surface area (Å²) < 4.78 is 18.1. The second-order valence-electron chi connectivity index (χ2n) is 8.17. The van der Waals surface area contributed by atoms with Gasteiger partial charge in [0.1, 0.15) is 11.5 Å². The maximum Gasteiger partial charge on any atom is 0.260 e. The van der Waals surface area contributed by atoms with Gasteiger partial charge in [-0.15, -0.1) is 0 Å². The first-order valence-electron chi connectivity index (χ1n) is 10.9. The van der Waals surface area contributed by atoms with E-state index in [4.69, 9.17) is 13.9 Å². The number of aromatic nitrogens is 1. The minimum atomic E-state index is -0.397. The summed E-state index contributed by atoms with van der Waals surface area (Å²) in [5, 5.41) is 11.0. The van der Waals surface area contributed by atoms with Crippen LogP contribution >= 0.6 is 0 Å².